The molecule has 0 spiro atoms. The number of benzene rings is 2. The van der Waals surface area contributed by atoms with Crippen LogP contribution < -0.4 is 0 Å². The van der Waals surface area contributed by atoms with Gasteiger partial charge in [-0.1, -0.05) is 30.3 Å². The number of para-hydroxylation sites is 3. The Bertz CT molecular complexity index is 922. The first kappa shape index (κ1) is 11.2. The summed E-state index contributed by atoms with van der Waals surface area (Å²) in [6.07, 6.45) is 3.85. The Kier molecular flexibility index (Phi) is 2.33. The van der Waals surface area contributed by atoms with Gasteiger partial charge in [-0.25, -0.2) is 4.98 Å². The molecule has 0 aliphatic rings. The fourth-order valence-electron chi connectivity index (χ4n) is 2.60. The first-order valence-electron chi connectivity index (χ1n) is 6.62. The summed E-state index contributed by atoms with van der Waals surface area (Å²) in [6, 6.07) is 14.2. The third-order valence-corrected chi connectivity index (χ3v) is 3.65. The number of rotatable bonds is 1. The second kappa shape index (κ2) is 4.17. The van der Waals surface area contributed by atoms with Crippen molar-refractivity contribution in [2.45, 2.75) is 6.92 Å². The summed E-state index contributed by atoms with van der Waals surface area (Å²) in [6.45, 7) is 2.11. The fraction of sp³-hybridized carbons (Fsp3) is 0.0588. The van der Waals surface area contributed by atoms with Crippen molar-refractivity contribution in [2.24, 2.45) is 0 Å². The Morgan fingerprint density at radius 3 is 2.70 bits per heavy atom. The molecule has 0 fully saturated rings. The van der Waals surface area contributed by atoms with Gasteiger partial charge in [0.25, 0.3) is 0 Å². The van der Waals surface area contributed by atoms with Gasteiger partial charge in [0.05, 0.1) is 22.9 Å². The molecule has 0 radical (unpaired) electrons. The summed E-state index contributed by atoms with van der Waals surface area (Å²) in [4.78, 5) is 12.5. The van der Waals surface area contributed by atoms with Crippen molar-refractivity contribution in [1.29, 1.82) is 0 Å². The third-order valence-electron chi connectivity index (χ3n) is 3.65. The molecule has 0 aliphatic heterocycles. The molecule has 0 saturated carbocycles. The summed E-state index contributed by atoms with van der Waals surface area (Å²) in [5.41, 5.74) is 6.25. The standard InChI is InChI=1S/C17H13N3/c1-11-5-4-6-12-13(9-19-17(11)12)16-10-18-14-7-2-3-8-15(14)20-16/h2-10,19H,1H3. The lowest BCUT2D eigenvalue weighted by Gasteiger charge is -2.02. The predicted octanol–water partition coefficient (Wildman–Crippen LogP) is 4.09. The zero-order chi connectivity index (χ0) is 13.5. The molecule has 3 nitrogen and oxygen atoms in total. The molecule has 0 atom stereocenters. The van der Waals surface area contributed by atoms with Crippen molar-refractivity contribution in [1.82, 2.24) is 15.0 Å². The average molecular weight is 259 g/mol. The SMILES string of the molecule is Cc1cccc2c(-c3cnc4ccccc4n3)c[nH]c12. The maximum absolute atomic E-state index is 4.71. The smallest absolute Gasteiger partial charge is 0.0914 e. The molecule has 0 saturated heterocycles. The van der Waals surface area contributed by atoms with Crippen LogP contribution in [-0.2, 0) is 0 Å². The van der Waals surface area contributed by atoms with Crippen LogP contribution in [0.1, 0.15) is 5.56 Å². The number of fused-ring (bicyclic) bond motifs is 2. The average Bonchev–Trinajstić information content (AvgIpc) is 2.92. The first-order valence-corrected chi connectivity index (χ1v) is 6.62. The topological polar surface area (TPSA) is 41.6 Å². The zero-order valence-corrected chi connectivity index (χ0v) is 11.1. The van der Waals surface area contributed by atoms with Crippen LogP contribution in [-0.4, -0.2) is 15.0 Å². The van der Waals surface area contributed by atoms with Crippen molar-refractivity contribution < 1.29 is 0 Å². The van der Waals surface area contributed by atoms with Gasteiger partial charge in [0.15, 0.2) is 0 Å². The number of hydrogen-bond donors (Lipinski definition) is 1. The summed E-state index contributed by atoms with van der Waals surface area (Å²) in [7, 11) is 0. The largest absolute Gasteiger partial charge is 0.360 e. The minimum absolute atomic E-state index is 0.903. The number of nitrogens with one attached hydrogen (secondary N) is 1. The lowest BCUT2D eigenvalue weighted by Crippen LogP contribution is -1.87. The van der Waals surface area contributed by atoms with E-state index in [1.807, 2.05) is 36.7 Å². The number of aryl methyl sites for hydroxylation is 1. The minimum atomic E-state index is 0.903. The van der Waals surface area contributed by atoms with E-state index in [1.165, 1.54) is 10.9 Å². The zero-order valence-electron chi connectivity index (χ0n) is 11.1. The van der Waals surface area contributed by atoms with Gasteiger partial charge in [-0.2, -0.15) is 0 Å². The van der Waals surface area contributed by atoms with Crippen LogP contribution >= 0.6 is 0 Å². The van der Waals surface area contributed by atoms with E-state index >= 15 is 0 Å². The van der Waals surface area contributed by atoms with E-state index in [-0.39, 0.29) is 0 Å². The van der Waals surface area contributed by atoms with Crippen LogP contribution in [0.15, 0.2) is 54.9 Å². The molecule has 0 amide bonds. The van der Waals surface area contributed by atoms with Crippen molar-refractivity contribution in [3.63, 3.8) is 0 Å². The molecule has 0 aliphatic carbocycles. The van der Waals surface area contributed by atoms with Crippen LogP contribution in [0, 0.1) is 6.92 Å². The molecule has 4 aromatic rings. The molecule has 20 heavy (non-hydrogen) atoms. The maximum atomic E-state index is 4.71. The number of H-pyrrole nitrogens is 1. The van der Waals surface area contributed by atoms with Crippen LogP contribution in [0.4, 0.5) is 0 Å². The second-order valence-electron chi connectivity index (χ2n) is 4.94. The second-order valence-corrected chi connectivity index (χ2v) is 4.94. The highest BCUT2D eigenvalue weighted by Gasteiger charge is 2.09. The van der Waals surface area contributed by atoms with E-state index in [0.717, 1.165) is 27.8 Å². The molecule has 0 unspecified atom stereocenters. The van der Waals surface area contributed by atoms with Gasteiger partial charge in [-0.15, -0.1) is 0 Å². The summed E-state index contributed by atoms with van der Waals surface area (Å²) < 4.78 is 0. The number of aromatic amines is 1. The molecule has 2 heterocycles. The van der Waals surface area contributed by atoms with Crippen LogP contribution in [0.25, 0.3) is 33.2 Å². The lowest BCUT2D eigenvalue weighted by atomic mass is 10.1. The van der Waals surface area contributed by atoms with Crippen LogP contribution in [0.5, 0.6) is 0 Å². The van der Waals surface area contributed by atoms with Gasteiger partial charge >= 0.3 is 0 Å². The molecule has 4 rings (SSSR count). The highest BCUT2D eigenvalue weighted by Crippen LogP contribution is 2.29. The Morgan fingerprint density at radius 1 is 0.950 bits per heavy atom. The Balaban J connectivity index is 1.99. The van der Waals surface area contributed by atoms with Gasteiger partial charge in [0.1, 0.15) is 0 Å². The molecule has 1 N–H and O–H groups in total. The molecular formula is C17H13N3. The summed E-state index contributed by atoms with van der Waals surface area (Å²) in [5.74, 6) is 0. The summed E-state index contributed by atoms with van der Waals surface area (Å²) >= 11 is 0. The molecule has 2 aromatic carbocycles. The Labute approximate surface area is 116 Å². The minimum Gasteiger partial charge on any atom is -0.360 e. The quantitative estimate of drug-likeness (QED) is 0.559. The van der Waals surface area contributed by atoms with Gasteiger partial charge in [0.2, 0.25) is 0 Å². The van der Waals surface area contributed by atoms with E-state index in [0.29, 0.717) is 0 Å². The van der Waals surface area contributed by atoms with E-state index < -0.39 is 0 Å². The third kappa shape index (κ3) is 1.60. The van der Waals surface area contributed by atoms with E-state index in [4.69, 9.17) is 4.98 Å². The molecule has 0 bridgehead atoms. The lowest BCUT2D eigenvalue weighted by molar-refractivity contribution is 1.29. The van der Waals surface area contributed by atoms with Crippen molar-refractivity contribution >= 4 is 21.9 Å². The number of aromatic nitrogens is 3. The van der Waals surface area contributed by atoms with Crippen molar-refractivity contribution in [3.8, 4) is 11.3 Å². The van der Waals surface area contributed by atoms with Crippen LogP contribution in [0.2, 0.25) is 0 Å². The first-order chi connectivity index (χ1) is 9.83. The number of hydrogen-bond acceptors (Lipinski definition) is 2. The van der Waals surface area contributed by atoms with E-state index in [2.05, 4.69) is 35.1 Å². The van der Waals surface area contributed by atoms with Gasteiger partial charge < -0.3 is 4.98 Å². The fourth-order valence-corrected chi connectivity index (χ4v) is 2.60. The Morgan fingerprint density at radius 2 is 1.80 bits per heavy atom. The van der Waals surface area contributed by atoms with Crippen molar-refractivity contribution in [2.75, 3.05) is 0 Å². The molecule has 3 heteroatoms. The van der Waals surface area contributed by atoms with E-state index in [1.54, 1.807) is 0 Å². The van der Waals surface area contributed by atoms with E-state index in [9.17, 15) is 0 Å². The maximum Gasteiger partial charge on any atom is 0.0914 e. The van der Waals surface area contributed by atoms with Crippen molar-refractivity contribution in [3.05, 3.63) is 60.4 Å². The molecular weight excluding hydrogens is 246 g/mol. The Hall–Kier alpha value is -2.68. The highest BCUT2D eigenvalue weighted by molar-refractivity contribution is 5.96. The van der Waals surface area contributed by atoms with Crippen LogP contribution in [0.3, 0.4) is 0 Å². The monoisotopic (exact) mass is 259 g/mol. The normalized spacial score (nSPS) is 11.2. The molecule has 96 valence electrons. The predicted molar refractivity (Wildman–Crippen MR) is 81.6 cm³/mol. The van der Waals surface area contributed by atoms with Gasteiger partial charge in [0, 0.05) is 22.7 Å². The van der Waals surface area contributed by atoms with Gasteiger partial charge in [-0.05, 0) is 24.6 Å². The van der Waals surface area contributed by atoms with Gasteiger partial charge in [-0.3, -0.25) is 4.98 Å². The molecule has 2 aromatic heterocycles. The number of nitrogens with zero attached hydrogens (tertiary/aromatic N) is 2. The highest BCUT2D eigenvalue weighted by atomic mass is 14.8. The summed E-state index contributed by atoms with van der Waals surface area (Å²) in [5, 5.41) is 1.19.